The molecule has 0 aromatic heterocycles. The molecule has 134 valence electrons. The zero-order chi connectivity index (χ0) is 18.1. The lowest BCUT2D eigenvalue weighted by Gasteiger charge is -2.10. The first-order valence-electron chi connectivity index (χ1n) is 8.46. The fourth-order valence-electron chi connectivity index (χ4n) is 2.48. The molecule has 0 aliphatic carbocycles. The van der Waals surface area contributed by atoms with Crippen LogP contribution in [-0.2, 0) is 13.1 Å². The van der Waals surface area contributed by atoms with Gasteiger partial charge in [-0.2, -0.15) is 0 Å². The normalized spacial score (nSPS) is 10.4. The van der Waals surface area contributed by atoms with E-state index in [4.69, 9.17) is 9.47 Å². The first-order chi connectivity index (χ1) is 12.2. The van der Waals surface area contributed by atoms with Crippen LogP contribution in [0, 0.1) is 0 Å². The lowest BCUT2D eigenvalue weighted by atomic mass is 10.1. The Morgan fingerprint density at radius 2 is 1.64 bits per heavy atom. The summed E-state index contributed by atoms with van der Waals surface area (Å²) in [6, 6.07) is 13.5. The number of benzene rings is 2. The second-order valence-electron chi connectivity index (χ2n) is 5.78. The molecule has 0 fully saturated rings. The van der Waals surface area contributed by atoms with Gasteiger partial charge in [-0.25, -0.2) is 0 Å². The van der Waals surface area contributed by atoms with E-state index in [-0.39, 0.29) is 5.91 Å². The summed E-state index contributed by atoms with van der Waals surface area (Å²) < 4.78 is 10.6. The van der Waals surface area contributed by atoms with E-state index in [2.05, 4.69) is 10.6 Å². The van der Waals surface area contributed by atoms with Crippen LogP contribution < -0.4 is 20.1 Å². The molecule has 2 aromatic carbocycles. The number of carbonyl (C=O) groups is 1. The van der Waals surface area contributed by atoms with Gasteiger partial charge >= 0.3 is 0 Å². The van der Waals surface area contributed by atoms with Crippen molar-refractivity contribution in [1.82, 2.24) is 10.6 Å². The number of carbonyl (C=O) groups excluding carboxylic acids is 1. The maximum Gasteiger partial charge on any atom is 0.251 e. The molecule has 0 heterocycles. The zero-order valence-corrected chi connectivity index (χ0v) is 15.1. The smallest absolute Gasteiger partial charge is 0.251 e. The van der Waals surface area contributed by atoms with Crippen molar-refractivity contribution < 1.29 is 14.3 Å². The Morgan fingerprint density at radius 1 is 0.960 bits per heavy atom. The van der Waals surface area contributed by atoms with Gasteiger partial charge in [0.1, 0.15) is 11.5 Å². The van der Waals surface area contributed by atoms with Gasteiger partial charge in [0.15, 0.2) is 0 Å². The van der Waals surface area contributed by atoms with Crippen LogP contribution in [0.25, 0.3) is 0 Å². The van der Waals surface area contributed by atoms with E-state index in [0.29, 0.717) is 25.2 Å². The molecule has 0 aliphatic rings. The molecule has 0 bridgehead atoms. The second-order valence-corrected chi connectivity index (χ2v) is 5.78. The Balaban J connectivity index is 1.94. The molecule has 0 atom stereocenters. The number of nitrogens with one attached hydrogen (secondary N) is 2. The van der Waals surface area contributed by atoms with Gasteiger partial charge in [0, 0.05) is 31.3 Å². The molecular weight excluding hydrogens is 316 g/mol. The van der Waals surface area contributed by atoms with Crippen molar-refractivity contribution in [2.75, 3.05) is 20.8 Å². The number of hydrogen-bond acceptors (Lipinski definition) is 4. The molecule has 1 amide bonds. The van der Waals surface area contributed by atoms with Crippen LogP contribution >= 0.6 is 0 Å². The van der Waals surface area contributed by atoms with E-state index in [0.717, 1.165) is 29.0 Å². The molecule has 5 nitrogen and oxygen atoms in total. The molecule has 0 radical (unpaired) electrons. The van der Waals surface area contributed by atoms with Gasteiger partial charge in [0.25, 0.3) is 5.91 Å². The van der Waals surface area contributed by atoms with Crippen molar-refractivity contribution in [1.29, 1.82) is 0 Å². The molecule has 0 saturated heterocycles. The molecule has 0 spiro atoms. The average Bonchev–Trinajstić information content (AvgIpc) is 2.66. The van der Waals surface area contributed by atoms with E-state index in [9.17, 15) is 4.79 Å². The van der Waals surface area contributed by atoms with Crippen molar-refractivity contribution in [3.8, 4) is 11.5 Å². The predicted octanol–water partition coefficient (Wildman–Crippen LogP) is 3.13. The maximum absolute atomic E-state index is 12.0. The molecule has 0 aliphatic heterocycles. The lowest BCUT2D eigenvalue weighted by Crippen LogP contribution is -2.24. The summed E-state index contributed by atoms with van der Waals surface area (Å²) in [5.74, 6) is 1.51. The van der Waals surface area contributed by atoms with Gasteiger partial charge < -0.3 is 20.1 Å². The lowest BCUT2D eigenvalue weighted by molar-refractivity contribution is 0.0953. The van der Waals surface area contributed by atoms with Crippen LogP contribution in [0.4, 0.5) is 0 Å². The molecule has 25 heavy (non-hydrogen) atoms. The second kappa shape index (κ2) is 9.69. The van der Waals surface area contributed by atoms with Crippen molar-refractivity contribution in [2.45, 2.75) is 26.4 Å². The third-order valence-corrected chi connectivity index (χ3v) is 3.79. The number of methoxy groups -OCH3 is 2. The number of rotatable bonds is 9. The Kier molecular flexibility index (Phi) is 7.29. The minimum Gasteiger partial charge on any atom is -0.497 e. The average molecular weight is 342 g/mol. The SMILES string of the molecule is CCCNC(=O)c1cccc(CNCc2cc(OC)cc(OC)c2)c1. The van der Waals surface area contributed by atoms with Crippen LogP contribution in [0.1, 0.15) is 34.8 Å². The van der Waals surface area contributed by atoms with Gasteiger partial charge in [-0.05, 0) is 41.8 Å². The van der Waals surface area contributed by atoms with E-state index < -0.39 is 0 Å². The summed E-state index contributed by atoms with van der Waals surface area (Å²) in [5.41, 5.74) is 2.84. The van der Waals surface area contributed by atoms with E-state index in [1.54, 1.807) is 14.2 Å². The maximum atomic E-state index is 12.0. The molecule has 5 heteroatoms. The Morgan fingerprint density at radius 3 is 2.28 bits per heavy atom. The predicted molar refractivity (Wildman–Crippen MR) is 99.2 cm³/mol. The Bertz CT molecular complexity index is 679. The fourth-order valence-corrected chi connectivity index (χ4v) is 2.48. The first-order valence-corrected chi connectivity index (χ1v) is 8.46. The quantitative estimate of drug-likeness (QED) is 0.735. The monoisotopic (exact) mass is 342 g/mol. The third-order valence-electron chi connectivity index (χ3n) is 3.79. The summed E-state index contributed by atoms with van der Waals surface area (Å²) in [7, 11) is 3.28. The first kappa shape index (κ1) is 18.8. The van der Waals surface area contributed by atoms with Crippen LogP contribution in [0.2, 0.25) is 0 Å². The van der Waals surface area contributed by atoms with Crippen LogP contribution in [-0.4, -0.2) is 26.7 Å². The summed E-state index contributed by atoms with van der Waals surface area (Å²) in [6.07, 6.45) is 0.928. The van der Waals surface area contributed by atoms with Crippen LogP contribution in [0.15, 0.2) is 42.5 Å². The van der Waals surface area contributed by atoms with Gasteiger partial charge in [0.05, 0.1) is 14.2 Å². The van der Waals surface area contributed by atoms with Gasteiger partial charge in [-0.15, -0.1) is 0 Å². The topological polar surface area (TPSA) is 59.6 Å². The van der Waals surface area contributed by atoms with Gasteiger partial charge in [0.2, 0.25) is 0 Å². The minimum absolute atomic E-state index is 0.0266. The van der Waals surface area contributed by atoms with Crippen LogP contribution in [0.3, 0.4) is 0 Å². The van der Waals surface area contributed by atoms with Crippen molar-refractivity contribution >= 4 is 5.91 Å². The highest BCUT2D eigenvalue weighted by molar-refractivity contribution is 5.94. The van der Waals surface area contributed by atoms with Crippen molar-refractivity contribution in [2.24, 2.45) is 0 Å². The molecule has 2 aromatic rings. The molecule has 2 N–H and O–H groups in total. The minimum atomic E-state index is -0.0266. The van der Waals surface area contributed by atoms with Crippen LogP contribution in [0.5, 0.6) is 11.5 Å². The number of ether oxygens (including phenoxy) is 2. The Labute approximate surface area is 149 Å². The highest BCUT2D eigenvalue weighted by Gasteiger charge is 2.06. The molecular formula is C20H26N2O3. The van der Waals surface area contributed by atoms with E-state index >= 15 is 0 Å². The third kappa shape index (κ3) is 5.80. The molecule has 0 unspecified atom stereocenters. The summed E-state index contributed by atoms with van der Waals surface area (Å²) in [5, 5.41) is 6.28. The molecule has 0 saturated carbocycles. The highest BCUT2D eigenvalue weighted by Crippen LogP contribution is 2.22. The highest BCUT2D eigenvalue weighted by atomic mass is 16.5. The zero-order valence-electron chi connectivity index (χ0n) is 15.1. The fraction of sp³-hybridized carbons (Fsp3) is 0.350. The molecule has 2 rings (SSSR count). The van der Waals surface area contributed by atoms with E-state index in [1.807, 2.05) is 49.4 Å². The van der Waals surface area contributed by atoms with Gasteiger partial charge in [-0.1, -0.05) is 19.1 Å². The summed E-state index contributed by atoms with van der Waals surface area (Å²) in [6.45, 7) is 4.08. The van der Waals surface area contributed by atoms with Crippen molar-refractivity contribution in [3.63, 3.8) is 0 Å². The Hall–Kier alpha value is -2.53. The number of amides is 1. The van der Waals surface area contributed by atoms with Gasteiger partial charge in [-0.3, -0.25) is 4.79 Å². The van der Waals surface area contributed by atoms with E-state index in [1.165, 1.54) is 0 Å². The van der Waals surface area contributed by atoms with Crippen molar-refractivity contribution in [3.05, 3.63) is 59.2 Å². The largest absolute Gasteiger partial charge is 0.497 e. The number of hydrogen-bond donors (Lipinski definition) is 2. The summed E-state index contributed by atoms with van der Waals surface area (Å²) in [4.78, 5) is 12.0. The standard InChI is InChI=1S/C20H26N2O3/c1-4-8-22-20(23)17-7-5-6-15(9-17)13-21-14-16-10-18(24-2)12-19(11-16)25-3/h5-7,9-12,21H,4,8,13-14H2,1-3H3,(H,22,23). The summed E-state index contributed by atoms with van der Waals surface area (Å²) >= 11 is 0.